The third kappa shape index (κ3) is 3.20. The summed E-state index contributed by atoms with van der Waals surface area (Å²) in [6.45, 7) is 7.46. The molecule has 1 spiro atoms. The summed E-state index contributed by atoms with van der Waals surface area (Å²) in [6, 6.07) is 0. The predicted molar refractivity (Wildman–Crippen MR) is 80.8 cm³/mol. The zero-order chi connectivity index (χ0) is 13.8. The van der Waals surface area contributed by atoms with Gasteiger partial charge in [-0.15, -0.1) is 0 Å². The number of nitrogens with one attached hydrogen (secondary N) is 1. The molecular weight excluding hydrogens is 250 g/mol. The molecule has 20 heavy (non-hydrogen) atoms. The fourth-order valence-corrected chi connectivity index (χ4v) is 4.46. The van der Waals surface area contributed by atoms with Crippen LogP contribution in [0, 0.1) is 17.8 Å². The Hall–Kier alpha value is -0.120. The maximum Gasteiger partial charge on any atom is 0.0729 e. The van der Waals surface area contributed by atoms with Crippen molar-refractivity contribution < 1.29 is 9.47 Å². The van der Waals surface area contributed by atoms with Gasteiger partial charge in [-0.2, -0.15) is 0 Å². The van der Waals surface area contributed by atoms with E-state index in [1.807, 2.05) is 0 Å². The zero-order valence-corrected chi connectivity index (χ0v) is 13.0. The van der Waals surface area contributed by atoms with Crippen molar-refractivity contribution in [1.82, 2.24) is 5.32 Å². The highest BCUT2D eigenvalue weighted by Gasteiger charge is 2.45. The van der Waals surface area contributed by atoms with Gasteiger partial charge in [0.25, 0.3) is 0 Å². The molecule has 3 aliphatic rings. The van der Waals surface area contributed by atoms with Crippen LogP contribution in [0.1, 0.15) is 51.9 Å². The highest BCUT2D eigenvalue weighted by atomic mass is 16.5. The Balaban J connectivity index is 1.51. The maximum atomic E-state index is 6.19. The normalized spacial score (nSPS) is 36.8. The SMILES string of the molecule is CCCNCC1CCC1C1CCOC2(CCOCC2)C1. The summed E-state index contributed by atoms with van der Waals surface area (Å²) in [5.41, 5.74) is 0.179. The highest BCUT2D eigenvalue weighted by Crippen LogP contribution is 2.48. The van der Waals surface area contributed by atoms with Gasteiger partial charge in [-0.05, 0) is 75.8 Å². The summed E-state index contributed by atoms with van der Waals surface area (Å²) in [5.74, 6) is 2.80. The predicted octanol–water partition coefficient (Wildman–Crippen LogP) is 2.99. The van der Waals surface area contributed by atoms with E-state index in [1.54, 1.807) is 0 Å². The van der Waals surface area contributed by atoms with Crippen LogP contribution in [0.3, 0.4) is 0 Å². The fourth-order valence-electron chi connectivity index (χ4n) is 4.46. The number of rotatable bonds is 5. The molecule has 0 radical (unpaired) electrons. The van der Waals surface area contributed by atoms with Crippen molar-refractivity contribution in [3.63, 3.8) is 0 Å². The van der Waals surface area contributed by atoms with E-state index in [4.69, 9.17) is 9.47 Å². The van der Waals surface area contributed by atoms with Crippen molar-refractivity contribution in [3.05, 3.63) is 0 Å². The average molecular weight is 281 g/mol. The van der Waals surface area contributed by atoms with Crippen molar-refractivity contribution in [2.75, 3.05) is 32.9 Å². The zero-order valence-electron chi connectivity index (χ0n) is 13.0. The summed E-state index contributed by atoms with van der Waals surface area (Å²) in [6.07, 6.45) is 8.97. The Labute approximate surface area is 123 Å². The summed E-state index contributed by atoms with van der Waals surface area (Å²) < 4.78 is 11.7. The van der Waals surface area contributed by atoms with Crippen LogP contribution in [0.25, 0.3) is 0 Å². The van der Waals surface area contributed by atoms with Crippen molar-refractivity contribution in [1.29, 1.82) is 0 Å². The molecule has 2 saturated heterocycles. The summed E-state index contributed by atoms with van der Waals surface area (Å²) in [5, 5.41) is 3.63. The van der Waals surface area contributed by atoms with Crippen LogP contribution < -0.4 is 5.32 Å². The molecule has 3 rings (SSSR count). The molecule has 3 unspecified atom stereocenters. The molecule has 3 atom stereocenters. The van der Waals surface area contributed by atoms with Crippen molar-refractivity contribution in [2.24, 2.45) is 17.8 Å². The minimum absolute atomic E-state index is 0.179. The van der Waals surface area contributed by atoms with Crippen molar-refractivity contribution in [3.8, 4) is 0 Å². The molecule has 2 aliphatic heterocycles. The van der Waals surface area contributed by atoms with E-state index in [2.05, 4.69) is 12.2 Å². The van der Waals surface area contributed by atoms with Crippen LogP contribution in [0.15, 0.2) is 0 Å². The van der Waals surface area contributed by atoms with Crippen LogP contribution in [0.2, 0.25) is 0 Å². The van der Waals surface area contributed by atoms with Gasteiger partial charge in [0.05, 0.1) is 5.60 Å². The summed E-state index contributed by atoms with van der Waals surface area (Å²) in [4.78, 5) is 0. The van der Waals surface area contributed by atoms with Gasteiger partial charge in [-0.3, -0.25) is 0 Å². The third-order valence-corrected chi connectivity index (χ3v) is 5.85. The monoisotopic (exact) mass is 281 g/mol. The maximum absolute atomic E-state index is 6.19. The second-order valence-electron chi connectivity index (χ2n) is 7.10. The van der Waals surface area contributed by atoms with E-state index in [1.165, 1.54) is 45.2 Å². The van der Waals surface area contributed by atoms with Crippen LogP contribution in [0.5, 0.6) is 0 Å². The van der Waals surface area contributed by atoms with Crippen LogP contribution in [-0.4, -0.2) is 38.5 Å². The fraction of sp³-hybridized carbons (Fsp3) is 1.00. The molecule has 0 amide bonds. The Morgan fingerprint density at radius 2 is 1.95 bits per heavy atom. The minimum Gasteiger partial charge on any atom is -0.381 e. The van der Waals surface area contributed by atoms with E-state index in [-0.39, 0.29) is 5.60 Å². The molecule has 2 heterocycles. The topological polar surface area (TPSA) is 30.5 Å². The van der Waals surface area contributed by atoms with Crippen molar-refractivity contribution >= 4 is 0 Å². The van der Waals surface area contributed by atoms with Gasteiger partial charge in [-0.25, -0.2) is 0 Å². The molecule has 3 heteroatoms. The molecule has 0 bridgehead atoms. The van der Waals surface area contributed by atoms with Gasteiger partial charge in [0.15, 0.2) is 0 Å². The second-order valence-corrected chi connectivity index (χ2v) is 7.10. The first-order chi connectivity index (χ1) is 9.83. The largest absolute Gasteiger partial charge is 0.381 e. The third-order valence-electron chi connectivity index (χ3n) is 5.85. The Bertz CT molecular complexity index is 296. The first kappa shape index (κ1) is 14.8. The van der Waals surface area contributed by atoms with E-state index in [0.29, 0.717) is 0 Å². The first-order valence-electron chi connectivity index (χ1n) is 8.75. The standard InChI is InChI=1S/C17H31NO2/c1-2-8-18-13-15-3-4-16(15)14-5-9-20-17(12-14)6-10-19-11-7-17/h14-16,18H,2-13H2,1H3. The molecule has 3 nitrogen and oxygen atoms in total. The van der Waals surface area contributed by atoms with E-state index < -0.39 is 0 Å². The smallest absolute Gasteiger partial charge is 0.0729 e. The molecule has 1 aliphatic carbocycles. The van der Waals surface area contributed by atoms with Crippen molar-refractivity contribution in [2.45, 2.75) is 57.5 Å². The number of ether oxygens (including phenoxy) is 2. The summed E-state index contributed by atoms with van der Waals surface area (Å²) >= 11 is 0. The number of hydrogen-bond donors (Lipinski definition) is 1. The lowest BCUT2D eigenvalue weighted by atomic mass is 9.62. The van der Waals surface area contributed by atoms with Crippen LogP contribution in [0.4, 0.5) is 0 Å². The molecule has 1 N–H and O–H groups in total. The highest BCUT2D eigenvalue weighted by molar-refractivity contribution is 4.95. The van der Waals surface area contributed by atoms with Gasteiger partial charge < -0.3 is 14.8 Å². The summed E-state index contributed by atoms with van der Waals surface area (Å²) in [7, 11) is 0. The van der Waals surface area contributed by atoms with E-state index >= 15 is 0 Å². The van der Waals surface area contributed by atoms with E-state index in [9.17, 15) is 0 Å². The lowest BCUT2D eigenvalue weighted by molar-refractivity contribution is -0.160. The lowest BCUT2D eigenvalue weighted by Crippen LogP contribution is -2.49. The van der Waals surface area contributed by atoms with Crippen LogP contribution >= 0.6 is 0 Å². The first-order valence-corrected chi connectivity index (χ1v) is 8.75. The molecular formula is C17H31NO2. The quantitative estimate of drug-likeness (QED) is 0.786. The minimum atomic E-state index is 0.179. The molecule has 1 saturated carbocycles. The Morgan fingerprint density at radius 1 is 1.10 bits per heavy atom. The van der Waals surface area contributed by atoms with Gasteiger partial charge in [0, 0.05) is 19.8 Å². The van der Waals surface area contributed by atoms with Gasteiger partial charge in [-0.1, -0.05) is 6.92 Å². The van der Waals surface area contributed by atoms with Crippen LogP contribution in [-0.2, 0) is 9.47 Å². The number of hydrogen-bond acceptors (Lipinski definition) is 3. The average Bonchev–Trinajstić information content (AvgIpc) is 2.43. The molecule has 0 aromatic heterocycles. The molecule has 3 fully saturated rings. The molecule has 0 aromatic rings. The van der Waals surface area contributed by atoms with Gasteiger partial charge in [0.1, 0.15) is 0 Å². The Kier molecular flexibility index (Phi) is 5.00. The second kappa shape index (κ2) is 6.76. The van der Waals surface area contributed by atoms with Gasteiger partial charge in [0.2, 0.25) is 0 Å². The van der Waals surface area contributed by atoms with E-state index in [0.717, 1.165) is 50.4 Å². The molecule has 116 valence electrons. The molecule has 0 aromatic carbocycles. The van der Waals surface area contributed by atoms with Gasteiger partial charge >= 0.3 is 0 Å². The Morgan fingerprint density at radius 3 is 2.65 bits per heavy atom. The lowest BCUT2D eigenvalue weighted by Gasteiger charge is -2.50.